The van der Waals surface area contributed by atoms with Crippen molar-refractivity contribution in [1.29, 1.82) is 0 Å². The zero-order valence-electron chi connectivity index (χ0n) is 17.2. The summed E-state index contributed by atoms with van der Waals surface area (Å²) in [5.41, 5.74) is 4.06. The molecule has 29 heavy (non-hydrogen) atoms. The number of quaternary nitrogens is 2. The molecule has 4 rings (SSSR count). The zero-order chi connectivity index (χ0) is 20.1. The highest BCUT2D eigenvalue weighted by atomic mass is 16.5. The summed E-state index contributed by atoms with van der Waals surface area (Å²) >= 11 is 0. The number of fused-ring (bicyclic) bond motifs is 1. The molecule has 2 heterocycles. The number of hydrogen-bond donors (Lipinski definition) is 2. The van der Waals surface area contributed by atoms with Crippen LogP contribution in [0.3, 0.4) is 0 Å². The fourth-order valence-corrected chi connectivity index (χ4v) is 4.35. The van der Waals surface area contributed by atoms with Crippen molar-refractivity contribution in [2.45, 2.75) is 6.42 Å². The Labute approximate surface area is 172 Å². The van der Waals surface area contributed by atoms with E-state index in [1.807, 2.05) is 30.3 Å². The Bertz CT molecular complexity index is 959. The number of carbonyl (C=O) groups is 1. The third-order valence-corrected chi connectivity index (χ3v) is 5.90. The molecule has 152 valence electrons. The largest absolute Gasteiger partial charge is 0.370 e. The van der Waals surface area contributed by atoms with Crippen LogP contribution in [0.25, 0.3) is 22.2 Å². The lowest BCUT2D eigenvalue weighted by atomic mass is 10.0. The van der Waals surface area contributed by atoms with Crippen LogP contribution in [0, 0.1) is 0 Å². The molecule has 1 aromatic heterocycles. The van der Waals surface area contributed by atoms with Gasteiger partial charge in [-0.2, -0.15) is 0 Å². The Balaban J connectivity index is 1.47. The van der Waals surface area contributed by atoms with E-state index < -0.39 is 0 Å². The lowest BCUT2D eigenvalue weighted by molar-refractivity contribution is -0.909. The molecule has 0 unspecified atom stereocenters. The second-order valence-corrected chi connectivity index (χ2v) is 7.84. The van der Waals surface area contributed by atoms with Crippen LogP contribution in [0.15, 0.2) is 54.6 Å². The van der Waals surface area contributed by atoms with Crippen LogP contribution in [0.2, 0.25) is 0 Å². The molecule has 0 saturated carbocycles. The Hall–Kier alpha value is -2.47. The van der Waals surface area contributed by atoms with Crippen LogP contribution in [-0.2, 0) is 11.8 Å². The maximum Gasteiger partial charge on any atom is 0.219 e. The van der Waals surface area contributed by atoms with Gasteiger partial charge < -0.3 is 19.5 Å². The Morgan fingerprint density at radius 2 is 1.79 bits per heavy atom. The van der Waals surface area contributed by atoms with Gasteiger partial charge in [-0.1, -0.05) is 48.5 Å². The van der Waals surface area contributed by atoms with Crippen LogP contribution in [-0.4, -0.2) is 56.3 Å². The summed E-state index contributed by atoms with van der Waals surface area (Å²) < 4.78 is 7.57. The van der Waals surface area contributed by atoms with E-state index in [2.05, 4.69) is 41.2 Å². The van der Waals surface area contributed by atoms with Crippen molar-refractivity contribution < 1.29 is 19.7 Å². The van der Waals surface area contributed by atoms with E-state index in [9.17, 15) is 4.79 Å². The average Bonchev–Trinajstić information content (AvgIpc) is 3.07. The maximum atomic E-state index is 13.3. The highest BCUT2D eigenvalue weighted by molar-refractivity contribution is 6.14. The van der Waals surface area contributed by atoms with Gasteiger partial charge in [0.25, 0.3) is 0 Å². The summed E-state index contributed by atoms with van der Waals surface area (Å²) in [4.78, 5) is 14.9. The van der Waals surface area contributed by atoms with Crippen molar-refractivity contribution in [3.8, 4) is 11.3 Å². The summed E-state index contributed by atoms with van der Waals surface area (Å²) in [6, 6.07) is 18.4. The second-order valence-electron chi connectivity index (χ2n) is 7.84. The lowest BCUT2D eigenvalue weighted by Gasteiger charge is -2.23. The number of nitrogens with one attached hydrogen (secondary N) is 1. The van der Waals surface area contributed by atoms with Gasteiger partial charge in [0.15, 0.2) is 0 Å². The number of Topliss-reactive ketones (excluding diaryl/α,β-unsaturated/α-hetero) is 1. The predicted molar refractivity (Wildman–Crippen MR) is 115 cm³/mol. The number of benzene rings is 2. The van der Waals surface area contributed by atoms with Crippen LogP contribution in [0.4, 0.5) is 0 Å². The molecule has 5 heteroatoms. The van der Waals surface area contributed by atoms with E-state index >= 15 is 0 Å². The number of hydrogen-bond acceptors (Lipinski definition) is 2. The number of ether oxygens (including phenoxy) is 1. The molecule has 0 aliphatic carbocycles. The van der Waals surface area contributed by atoms with Crippen molar-refractivity contribution in [3.63, 3.8) is 0 Å². The van der Waals surface area contributed by atoms with Gasteiger partial charge in [0.1, 0.15) is 19.6 Å². The number of nitrogens with zero attached hydrogens (tertiary/aromatic N) is 1. The third kappa shape index (κ3) is 4.42. The van der Waals surface area contributed by atoms with E-state index in [1.165, 1.54) is 0 Å². The minimum Gasteiger partial charge on any atom is -0.370 e. The Morgan fingerprint density at radius 3 is 2.59 bits per heavy atom. The van der Waals surface area contributed by atoms with Crippen molar-refractivity contribution in [1.82, 2.24) is 4.57 Å². The summed E-state index contributed by atoms with van der Waals surface area (Å²) in [7, 11) is 2.05. The molecule has 2 aromatic carbocycles. The molecule has 1 aliphatic heterocycles. The molecular formula is C24H31N3O2+2. The Kier molecular flexibility index (Phi) is 6.39. The molecule has 3 aromatic rings. The molecule has 1 saturated heterocycles. The Morgan fingerprint density at radius 1 is 1.07 bits per heavy atom. The van der Waals surface area contributed by atoms with Gasteiger partial charge in [-0.3, -0.25) is 4.79 Å². The van der Waals surface area contributed by atoms with Gasteiger partial charge in [-0.05, 0) is 11.6 Å². The van der Waals surface area contributed by atoms with Crippen molar-refractivity contribution >= 4 is 16.7 Å². The first-order valence-corrected chi connectivity index (χ1v) is 10.6. The van der Waals surface area contributed by atoms with E-state index in [1.54, 1.807) is 4.90 Å². The fourth-order valence-electron chi connectivity index (χ4n) is 4.35. The monoisotopic (exact) mass is 393 g/mol. The van der Waals surface area contributed by atoms with Gasteiger partial charge in [0.05, 0.1) is 37.6 Å². The van der Waals surface area contributed by atoms with Crippen molar-refractivity contribution in [3.05, 3.63) is 60.2 Å². The molecule has 0 bridgehead atoms. The number of para-hydroxylation sites is 1. The third-order valence-electron chi connectivity index (χ3n) is 5.90. The zero-order valence-corrected chi connectivity index (χ0v) is 17.2. The van der Waals surface area contributed by atoms with E-state index in [0.29, 0.717) is 6.54 Å². The first-order valence-electron chi connectivity index (χ1n) is 10.6. The van der Waals surface area contributed by atoms with Crippen LogP contribution < -0.4 is 10.2 Å². The van der Waals surface area contributed by atoms with Crippen molar-refractivity contribution in [2.24, 2.45) is 7.05 Å². The topological polar surface area (TPSA) is 52.3 Å². The van der Waals surface area contributed by atoms with Crippen LogP contribution in [0.1, 0.15) is 16.8 Å². The SMILES string of the molecule is Cn1c(-c2ccccc2)c(C(=O)C[NH2+]CCC[NH+]2CCOCC2)c2ccccc21. The van der Waals surface area contributed by atoms with E-state index in [-0.39, 0.29) is 5.78 Å². The number of aromatic nitrogens is 1. The predicted octanol–water partition coefficient (Wildman–Crippen LogP) is 0.897. The number of morpholine rings is 1. The molecule has 0 atom stereocenters. The summed E-state index contributed by atoms with van der Waals surface area (Å²) in [6.07, 6.45) is 1.13. The van der Waals surface area contributed by atoms with Crippen LogP contribution in [0.5, 0.6) is 0 Å². The number of ketones is 1. The number of carbonyl (C=O) groups excluding carboxylic acids is 1. The molecule has 1 aliphatic rings. The molecule has 0 amide bonds. The lowest BCUT2D eigenvalue weighted by Crippen LogP contribution is -3.14. The quantitative estimate of drug-likeness (QED) is 0.441. The molecule has 5 nitrogen and oxygen atoms in total. The van der Waals surface area contributed by atoms with Crippen molar-refractivity contribution in [2.75, 3.05) is 45.9 Å². The van der Waals surface area contributed by atoms with Gasteiger partial charge in [0.2, 0.25) is 5.78 Å². The van der Waals surface area contributed by atoms with Gasteiger partial charge in [-0.25, -0.2) is 0 Å². The fraction of sp³-hybridized carbons (Fsp3) is 0.375. The normalized spacial score (nSPS) is 15.1. The molecule has 0 radical (unpaired) electrons. The number of aryl methyl sites for hydroxylation is 1. The molecule has 0 spiro atoms. The van der Waals surface area contributed by atoms with Gasteiger partial charge in [0, 0.05) is 24.4 Å². The number of nitrogens with two attached hydrogens (primary N) is 1. The summed E-state index contributed by atoms with van der Waals surface area (Å²) in [5.74, 6) is 0.208. The number of rotatable bonds is 8. The van der Waals surface area contributed by atoms with Gasteiger partial charge >= 0.3 is 0 Å². The standard InChI is InChI=1S/C24H29N3O2/c1-26-21-11-6-5-10-20(21)23(24(26)19-8-3-2-4-9-19)22(28)18-25-12-7-13-27-14-16-29-17-15-27/h2-6,8-11,25H,7,12-18H2,1H3/p+2. The maximum absolute atomic E-state index is 13.3. The van der Waals surface area contributed by atoms with Gasteiger partial charge in [-0.15, -0.1) is 0 Å². The second kappa shape index (κ2) is 9.35. The minimum absolute atomic E-state index is 0.208. The molecule has 3 N–H and O–H groups in total. The smallest absolute Gasteiger partial charge is 0.219 e. The highest BCUT2D eigenvalue weighted by Gasteiger charge is 2.23. The first kappa shape index (κ1) is 19.8. The van der Waals surface area contributed by atoms with Crippen LogP contribution >= 0.6 is 0 Å². The highest BCUT2D eigenvalue weighted by Crippen LogP contribution is 2.33. The minimum atomic E-state index is 0.208. The summed E-state index contributed by atoms with van der Waals surface area (Å²) in [5, 5.41) is 3.21. The van der Waals surface area contributed by atoms with E-state index in [0.717, 1.165) is 73.5 Å². The molecular weight excluding hydrogens is 362 g/mol. The average molecular weight is 394 g/mol. The summed E-state index contributed by atoms with van der Waals surface area (Å²) in [6.45, 7) is 6.61. The molecule has 1 fully saturated rings. The first-order chi connectivity index (χ1) is 14.3. The van der Waals surface area contributed by atoms with E-state index in [4.69, 9.17) is 4.74 Å².